The molecule has 2 aromatic rings. The molecule has 2 aromatic carbocycles. The Bertz CT molecular complexity index is 660. The molecule has 0 aliphatic carbocycles. The van der Waals surface area contributed by atoms with Crippen LogP contribution in [0.15, 0.2) is 60.5 Å². The number of ether oxygens (including phenoxy) is 1. The zero-order chi connectivity index (χ0) is 12.7. The molecule has 0 radical (unpaired) electrons. The van der Waals surface area contributed by atoms with Crippen molar-refractivity contribution in [1.82, 2.24) is 0 Å². The predicted molar refractivity (Wildman–Crippen MR) is 76.3 cm³/mol. The Balaban J connectivity index is 1.68. The van der Waals surface area contributed by atoms with Gasteiger partial charge in [-0.05, 0) is 42.2 Å². The Hall–Kier alpha value is -2.22. The number of nitrogens with zero attached hydrogens (tertiary/aromatic N) is 1. The van der Waals surface area contributed by atoms with E-state index in [2.05, 4.69) is 47.4 Å². The van der Waals surface area contributed by atoms with E-state index in [4.69, 9.17) is 4.74 Å². The van der Waals surface area contributed by atoms with Crippen LogP contribution in [0.3, 0.4) is 0 Å². The minimum Gasteiger partial charge on any atom is -0.441 e. The van der Waals surface area contributed by atoms with Crippen molar-refractivity contribution in [2.45, 2.75) is 12.8 Å². The van der Waals surface area contributed by atoms with Crippen molar-refractivity contribution >= 4 is 5.69 Å². The smallest absolute Gasteiger partial charge is 0.196 e. The first-order chi connectivity index (χ1) is 9.42. The van der Waals surface area contributed by atoms with E-state index in [-0.39, 0.29) is 0 Å². The molecule has 2 aliphatic rings. The highest BCUT2D eigenvalue weighted by atomic mass is 16.5. The van der Waals surface area contributed by atoms with Crippen molar-refractivity contribution in [3.8, 4) is 5.75 Å². The van der Waals surface area contributed by atoms with Crippen LogP contribution in [0, 0.1) is 0 Å². The van der Waals surface area contributed by atoms with Crippen molar-refractivity contribution in [2.75, 3.05) is 11.4 Å². The molecule has 2 heteroatoms. The second-order valence-electron chi connectivity index (χ2n) is 4.99. The number of benzene rings is 2. The van der Waals surface area contributed by atoms with Crippen molar-refractivity contribution < 1.29 is 4.74 Å². The van der Waals surface area contributed by atoms with Crippen LogP contribution >= 0.6 is 0 Å². The predicted octanol–water partition coefficient (Wildman–Crippen LogP) is 3.53. The first-order valence-corrected chi connectivity index (χ1v) is 6.73. The molecule has 0 bridgehead atoms. The monoisotopic (exact) mass is 249 g/mol. The minimum atomic E-state index is 0.949. The summed E-state index contributed by atoms with van der Waals surface area (Å²) in [6.07, 6.45) is 4.23. The number of allylic oxidation sites excluding steroid dienone is 1. The molecule has 0 saturated carbocycles. The van der Waals surface area contributed by atoms with Crippen LogP contribution in [0.25, 0.3) is 0 Å². The van der Waals surface area contributed by atoms with Crippen molar-refractivity contribution in [1.29, 1.82) is 0 Å². The molecule has 0 amide bonds. The Morgan fingerprint density at radius 1 is 0.895 bits per heavy atom. The second-order valence-corrected chi connectivity index (χ2v) is 4.99. The topological polar surface area (TPSA) is 12.5 Å². The van der Waals surface area contributed by atoms with Gasteiger partial charge in [-0.25, -0.2) is 0 Å². The molecule has 0 saturated heterocycles. The summed E-state index contributed by atoms with van der Waals surface area (Å²) in [7, 11) is 0. The van der Waals surface area contributed by atoms with Crippen LogP contribution in [0.1, 0.15) is 11.1 Å². The van der Waals surface area contributed by atoms with Crippen LogP contribution in [-0.4, -0.2) is 6.54 Å². The highest BCUT2D eigenvalue weighted by Gasteiger charge is 2.24. The van der Waals surface area contributed by atoms with E-state index in [1.807, 2.05) is 12.1 Å². The summed E-state index contributed by atoms with van der Waals surface area (Å²) in [5, 5.41) is 0. The molecule has 0 fully saturated rings. The van der Waals surface area contributed by atoms with E-state index >= 15 is 0 Å². The zero-order valence-electron chi connectivity index (χ0n) is 10.7. The van der Waals surface area contributed by atoms with E-state index < -0.39 is 0 Å². The number of anilines is 1. The fourth-order valence-electron chi connectivity index (χ4n) is 2.86. The minimum absolute atomic E-state index is 0.949. The van der Waals surface area contributed by atoms with Crippen LogP contribution in [0.2, 0.25) is 0 Å². The average Bonchev–Trinajstić information content (AvgIpc) is 2.91. The van der Waals surface area contributed by atoms with Gasteiger partial charge in [0.1, 0.15) is 5.75 Å². The lowest BCUT2D eigenvalue weighted by Crippen LogP contribution is -2.25. The van der Waals surface area contributed by atoms with E-state index in [1.165, 1.54) is 16.8 Å². The summed E-state index contributed by atoms with van der Waals surface area (Å²) in [4.78, 5) is 2.28. The van der Waals surface area contributed by atoms with Gasteiger partial charge in [0.2, 0.25) is 0 Å². The van der Waals surface area contributed by atoms with Gasteiger partial charge in [0, 0.05) is 12.2 Å². The number of hydrogen-bond acceptors (Lipinski definition) is 2. The molecule has 0 N–H and O–H groups in total. The zero-order valence-corrected chi connectivity index (χ0v) is 10.7. The Morgan fingerprint density at radius 3 is 2.63 bits per heavy atom. The molecular formula is C17H15NO. The lowest BCUT2D eigenvalue weighted by atomic mass is 10.1. The highest BCUT2D eigenvalue weighted by molar-refractivity contribution is 5.62. The van der Waals surface area contributed by atoms with Gasteiger partial charge in [0.25, 0.3) is 0 Å². The van der Waals surface area contributed by atoms with Crippen molar-refractivity contribution in [3.63, 3.8) is 0 Å². The lowest BCUT2D eigenvalue weighted by molar-refractivity contribution is 0.392. The summed E-state index contributed by atoms with van der Waals surface area (Å²) >= 11 is 0. The first kappa shape index (κ1) is 10.7. The molecule has 94 valence electrons. The summed E-state index contributed by atoms with van der Waals surface area (Å²) in [5.41, 5.74) is 3.96. The fraction of sp³-hybridized carbons (Fsp3) is 0.176. The van der Waals surface area contributed by atoms with Crippen molar-refractivity contribution in [3.05, 3.63) is 71.6 Å². The molecule has 2 aliphatic heterocycles. The number of hydrogen-bond donors (Lipinski definition) is 0. The second kappa shape index (κ2) is 4.16. The van der Waals surface area contributed by atoms with Gasteiger partial charge in [-0.1, -0.05) is 36.4 Å². The molecule has 4 rings (SSSR count). The highest BCUT2D eigenvalue weighted by Crippen LogP contribution is 2.34. The normalized spacial score (nSPS) is 16.4. The van der Waals surface area contributed by atoms with Crippen molar-refractivity contribution in [2.24, 2.45) is 0 Å². The van der Waals surface area contributed by atoms with Crippen LogP contribution in [0.4, 0.5) is 5.69 Å². The van der Waals surface area contributed by atoms with Gasteiger partial charge < -0.3 is 9.64 Å². The maximum absolute atomic E-state index is 6.06. The maximum Gasteiger partial charge on any atom is 0.196 e. The number of fused-ring (bicyclic) bond motifs is 2. The standard InChI is InChI=1S/C17H15NO/c1-3-7-15-13(5-1)11-12-18(15)17-10-9-14-6-2-4-8-16(14)19-17/h1-8,10H,9,11-12H2. The Labute approximate surface area is 112 Å². The third kappa shape index (κ3) is 1.72. The molecule has 2 heterocycles. The molecule has 0 atom stereocenters. The van der Waals surface area contributed by atoms with E-state index in [1.54, 1.807) is 0 Å². The van der Waals surface area contributed by atoms with Crippen LogP contribution in [-0.2, 0) is 12.8 Å². The summed E-state index contributed by atoms with van der Waals surface area (Å²) in [6, 6.07) is 16.8. The molecule has 19 heavy (non-hydrogen) atoms. The van der Waals surface area contributed by atoms with Crippen LogP contribution in [0.5, 0.6) is 5.75 Å². The molecule has 0 aromatic heterocycles. The van der Waals surface area contributed by atoms with E-state index in [0.29, 0.717) is 0 Å². The largest absolute Gasteiger partial charge is 0.441 e. The summed E-state index contributed by atoms with van der Waals surface area (Å²) in [6.45, 7) is 1.01. The maximum atomic E-state index is 6.06. The number of rotatable bonds is 1. The third-order valence-corrected chi connectivity index (χ3v) is 3.84. The van der Waals surface area contributed by atoms with Gasteiger partial charge in [-0.3, -0.25) is 0 Å². The Kier molecular flexibility index (Phi) is 2.34. The number of para-hydroxylation sites is 2. The molecule has 0 unspecified atom stereocenters. The van der Waals surface area contributed by atoms with Gasteiger partial charge in [0.15, 0.2) is 5.88 Å². The summed E-state index contributed by atoms with van der Waals surface area (Å²) in [5.74, 6) is 1.97. The Morgan fingerprint density at radius 2 is 1.68 bits per heavy atom. The quantitative estimate of drug-likeness (QED) is 0.766. The van der Waals surface area contributed by atoms with E-state index in [9.17, 15) is 0 Å². The average molecular weight is 249 g/mol. The van der Waals surface area contributed by atoms with E-state index in [0.717, 1.165) is 31.0 Å². The molecule has 0 spiro atoms. The van der Waals surface area contributed by atoms with Gasteiger partial charge in [-0.2, -0.15) is 0 Å². The summed E-state index contributed by atoms with van der Waals surface area (Å²) < 4.78 is 6.06. The molecule has 2 nitrogen and oxygen atoms in total. The van der Waals surface area contributed by atoms with Gasteiger partial charge >= 0.3 is 0 Å². The SMILES string of the molecule is C1=C(N2CCc3ccccc32)Oc2ccccc2C1. The van der Waals surface area contributed by atoms with Crippen LogP contribution < -0.4 is 9.64 Å². The fourth-order valence-corrected chi connectivity index (χ4v) is 2.86. The lowest BCUT2D eigenvalue weighted by Gasteiger charge is -2.26. The van der Waals surface area contributed by atoms with Gasteiger partial charge in [0.05, 0.1) is 0 Å². The first-order valence-electron chi connectivity index (χ1n) is 6.73. The third-order valence-electron chi connectivity index (χ3n) is 3.84. The van der Waals surface area contributed by atoms with Gasteiger partial charge in [-0.15, -0.1) is 0 Å². The molecular weight excluding hydrogens is 234 g/mol.